The van der Waals surface area contributed by atoms with Crippen molar-refractivity contribution in [3.63, 3.8) is 0 Å². The van der Waals surface area contributed by atoms with Gasteiger partial charge in [0.05, 0.1) is 17.9 Å². The first kappa shape index (κ1) is 19.7. The quantitative estimate of drug-likeness (QED) is 0.502. The number of ether oxygens (including phenoxy) is 3. The van der Waals surface area contributed by atoms with Crippen molar-refractivity contribution in [2.75, 3.05) is 13.2 Å². The summed E-state index contributed by atoms with van der Waals surface area (Å²) in [5.41, 5.74) is -0.963. The van der Waals surface area contributed by atoms with E-state index in [4.69, 9.17) is 9.47 Å². The number of carbonyl (C=O) groups excluding carboxylic acids is 2. The van der Waals surface area contributed by atoms with E-state index in [9.17, 15) is 22.8 Å². The molecule has 0 aromatic heterocycles. The van der Waals surface area contributed by atoms with Crippen LogP contribution >= 0.6 is 0 Å². The van der Waals surface area contributed by atoms with Gasteiger partial charge in [-0.15, -0.1) is 0 Å². The first-order chi connectivity index (χ1) is 10.5. The maximum absolute atomic E-state index is 12.4. The minimum Gasteiger partial charge on any atom is -0.462 e. The van der Waals surface area contributed by atoms with Crippen LogP contribution < -0.4 is 0 Å². The molecule has 1 saturated heterocycles. The molecular weight excluding hydrogens is 317 g/mol. The third-order valence-corrected chi connectivity index (χ3v) is 3.99. The van der Waals surface area contributed by atoms with Gasteiger partial charge in [0.1, 0.15) is 12.7 Å². The van der Waals surface area contributed by atoms with Crippen molar-refractivity contribution in [2.45, 2.75) is 58.9 Å². The van der Waals surface area contributed by atoms with Crippen molar-refractivity contribution in [2.24, 2.45) is 11.3 Å². The zero-order chi connectivity index (χ0) is 17.8. The summed E-state index contributed by atoms with van der Waals surface area (Å²) in [5.74, 6) is -2.32. The van der Waals surface area contributed by atoms with Crippen LogP contribution in [0, 0.1) is 11.3 Å². The molecule has 23 heavy (non-hydrogen) atoms. The second kappa shape index (κ2) is 7.51. The minimum atomic E-state index is -4.60. The maximum atomic E-state index is 12.4. The molecule has 1 heterocycles. The van der Waals surface area contributed by atoms with Crippen molar-refractivity contribution >= 4 is 11.9 Å². The molecule has 134 valence electrons. The molecule has 1 rings (SSSR count). The van der Waals surface area contributed by atoms with Crippen molar-refractivity contribution in [1.82, 2.24) is 0 Å². The monoisotopic (exact) mass is 340 g/mol. The predicted octanol–water partition coefficient (Wildman–Crippen LogP) is 2.86. The van der Waals surface area contributed by atoms with Gasteiger partial charge in [-0.1, -0.05) is 13.8 Å². The molecule has 0 aromatic rings. The number of esters is 2. The normalized spacial score (nSPS) is 22.7. The molecule has 1 aliphatic rings. The molecule has 0 aliphatic carbocycles. The average molecular weight is 340 g/mol. The summed E-state index contributed by atoms with van der Waals surface area (Å²) in [7, 11) is 0. The molecule has 0 N–H and O–H groups in total. The smallest absolute Gasteiger partial charge is 0.425 e. The Morgan fingerprint density at radius 1 is 1.30 bits per heavy atom. The van der Waals surface area contributed by atoms with E-state index in [1.165, 1.54) is 6.92 Å². The third kappa shape index (κ3) is 6.01. The van der Waals surface area contributed by atoms with Gasteiger partial charge in [-0.05, 0) is 26.7 Å². The number of hydrogen-bond donors (Lipinski definition) is 0. The molecule has 4 unspecified atom stereocenters. The largest absolute Gasteiger partial charge is 0.462 e. The fourth-order valence-electron chi connectivity index (χ4n) is 2.00. The third-order valence-electron chi connectivity index (χ3n) is 3.99. The van der Waals surface area contributed by atoms with E-state index in [0.29, 0.717) is 13.0 Å². The number of hydrogen-bond acceptors (Lipinski definition) is 5. The lowest BCUT2D eigenvalue weighted by Crippen LogP contribution is -2.37. The Morgan fingerprint density at radius 3 is 2.30 bits per heavy atom. The van der Waals surface area contributed by atoms with E-state index in [1.54, 1.807) is 13.8 Å². The van der Waals surface area contributed by atoms with E-state index in [-0.39, 0.29) is 19.1 Å². The minimum absolute atomic E-state index is 0.0528. The van der Waals surface area contributed by atoms with Crippen LogP contribution in [0.15, 0.2) is 0 Å². The number of epoxide rings is 1. The van der Waals surface area contributed by atoms with Crippen LogP contribution in [-0.4, -0.2) is 43.5 Å². The van der Waals surface area contributed by atoms with Gasteiger partial charge in [0.25, 0.3) is 0 Å². The van der Waals surface area contributed by atoms with Gasteiger partial charge >= 0.3 is 18.1 Å². The highest BCUT2D eigenvalue weighted by Gasteiger charge is 2.42. The first-order valence-corrected chi connectivity index (χ1v) is 7.55. The Bertz CT molecular complexity index is 433. The van der Waals surface area contributed by atoms with Crippen LogP contribution in [0.4, 0.5) is 13.2 Å². The molecule has 0 radical (unpaired) electrons. The number of carbonyl (C=O) groups is 2. The Labute approximate surface area is 133 Å². The van der Waals surface area contributed by atoms with Crippen molar-refractivity contribution in [3.05, 3.63) is 0 Å². The summed E-state index contributed by atoms with van der Waals surface area (Å²) >= 11 is 0. The van der Waals surface area contributed by atoms with Crippen LogP contribution in [-0.2, 0) is 23.8 Å². The van der Waals surface area contributed by atoms with Crippen LogP contribution in [0.2, 0.25) is 0 Å². The summed E-state index contributed by atoms with van der Waals surface area (Å²) in [6.45, 7) is 6.29. The second-order valence-electron chi connectivity index (χ2n) is 6.19. The van der Waals surface area contributed by atoms with Gasteiger partial charge in [0, 0.05) is 0 Å². The zero-order valence-electron chi connectivity index (χ0n) is 13.7. The highest BCUT2D eigenvalue weighted by Crippen LogP contribution is 2.33. The molecule has 1 aliphatic heterocycles. The lowest BCUT2D eigenvalue weighted by molar-refractivity contribution is -0.218. The fourth-order valence-corrected chi connectivity index (χ4v) is 2.00. The summed E-state index contributed by atoms with van der Waals surface area (Å²) in [6.07, 6.45) is -6.41. The molecule has 0 saturated carbocycles. The molecule has 0 bridgehead atoms. The van der Waals surface area contributed by atoms with Gasteiger partial charge < -0.3 is 14.2 Å². The lowest BCUT2D eigenvalue weighted by atomic mass is 9.79. The summed E-state index contributed by atoms with van der Waals surface area (Å²) in [5, 5.41) is 0. The highest BCUT2D eigenvalue weighted by atomic mass is 19.4. The van der Waals surface area contributed by atoms with Gasteiger partial charge in [-0.25, -0.2) is 0 Å². The molecule has 1 fully saturated rings. The Morgan fingerprint density at radius 2 is 1.87 bits per heavy atom. The van der Waals surface area contributed by atoms with Crippen LogP contribution in [0.3, 0.4) is 0 Å². The standard InChI is InChI=1S/C15H23F3O5/c1-5-14(4,13(20)22-8-11-7-21-11)6-9(2)12(19)23-10(3)15(16,17)18/h9-11H,5-8H2,1-4H3. The van der Waals surface area contributed by atoms with E-state index >= 15 is 0 Å². The number of halogens is 3. The van der Waals surface area contributed by atoms with E-state index in [1.807, 2.05) is 0 Å². The molecule has 4 atom stereocenters. The van der Waals surface area contributed by atoms with Crippen molar-refractivity contribution < 1.29 is 37.0 Å². The average Bonchev–Trinajstić information content (AvgIpc) is 3.27. The lowest BCUT2D eigenvalue weighted by Gasteiger charge is -2.28. The highest BCUT2D eigenvalue weighted by molar-refractivity contribution is 5.78. The molecular formula is C15H23F3O5. The molecule has 0 spiro atoms. The topological polar surface area (TPSA) is 65.1 Å². The molecule has 0 aromatic carbocycles. The Kier molecular flexibility index (Phi) is 6.44. The van der Waals surface area contributed by atoms with E-state index in [0.717, 1.165) is 6.92 Å². The molecule has 8 heteroatoms. The van der Waals surface area contributed by atoms with E-state index < -0.39 is 35.6 Å². The van der Waals surface area contributed by atoms with Crippen LogP contribution in [0.1, 0.15) is 40.5 Å². The number of alkyl halides is 3. The van der Waals surface area contributed by atoms with Crippen molar-refractivity contribution in [1.29, 1.82) is 0 Å². The summed E-state index contributed by atoms with van der Waals surface area (Å²) in [6, 6.07) is 0. The maximum Gasteiger partial charge on any atom is 0.425 e. The SMILES string of the molecule is CCC(C)(CC(C)C(=O)OC(C)C(F)(F)F)C(=O)OCC1CO1. The van der Waals surface area contributed by atoms with Crippen molar-refractivity contribution in [3.8, 4) is 0 Å². The van der Waals surface area contributed by atoms with Gasteiger partial charge in [-0.2, -0.15) is 13.2 Å². The first-order valence-electron chi connectivity index (χ1n) is 7.55. The predicted molar refractivity (Wildman–Crippen MR) is 74.5 cm³/mol. The van der Waals surface area contributed by atoms with E-state index in [2.05, 4.69) is 4.74 Å². The Hall–Kier alpha value is -1.31. The van der Waals surface area contributed by atoms with Crippen LogP contribution in [0.5, 0.6) is 0 Å². The second-order valence-corrected chi connectivity index (χ2v) is 6.19. The number of rotatable bonds is 8. The van der Waals surface area contributed by atoms with Gasteiger partial charge in [0.15, 0.2) is 6.10 Å². The summed E-state index contributed by atoms with van der Waals surface area (Å²) < 4.78 is 51.8. The summed E-state index contributed by atoms with van der Waals surface area (Å²) in [4.78, 5) is 24.0. The fraction of sp³-hybridized carbons (Fsp3) is 0.867. The molecule has 0 amide bonds. The van der Waals surface area contributed by atoms with Gasteiger partial charge in [-0.3, -0.25) is 9.59 Å². The van der Waals surface area contributed by atoms with Gasteiger partial charge in [0.2, 0.25) is 0 Å². The van der Waals surface area contributed by atoms with Crippen LogP contribution in [0.25, 0.3) is 0 Å². The zero-order valence-corrected chi connectivity index (χ0v) is 13.7. The molecule has 5 nitrogen and oxygen atoms in total. The Balaban J connectivity index is 2.57.